The Hall–Kier alpha value is -4.27. The summed E-state index contributed by atoms with van der Waals surface area (Å²) in [6.45, 7) is 5.71. The number of nitro groups is 1. The van der Waals surface area contributed by atoms with Crippen molar-refractivity contribution in [3.05, 3.63) is 93.0 Å². The molecule has 0 fully saturated rings. The third-order valence-electron chi connectivity index (χ3n) is 5.40. The standard InChI is InChI=1S/C24H23N5O4/c1-16(2)27(17(3)30)19-11-9-18(10-12-19)15-26-22-8-5-13-25-23(22)28(24(26)31)20-6-4-7-21(14-20)29(32)33/h4-14,16H,15H2,1-3H3. The first-order valence-electron chi connectivity index (χ1n) is 10.5. The minimum absolute atomic E-state index is 0.0231. The molecule has 0 N–H and O–H groups in total. The molecular formula is C24H23N5O4. The lowest BCUT2D eigenvalue weighted by Crippen LogP contribution is -2.35. The zero-order chi connectivity index (χ0) is 23.7. The van der Waals surface area contributed by atoms with E-state index in [1.807, 2.05) is 38.1 Å². The van der Waals surface area contributed by atoms with Crippen molar-refractivity contribution in [3.63, 3.8) is 0 Å². The second-order valence-corrected chi connectivity index (χ2v) is 7.98. The zero-order valence-corrected chi connectivity index (χ0v) is 18.5. The van der Waals surface area contributed by atoms with Gasteiger partial charge in [0.2, 0.25) is 5.91 Å². The first kappa shape index (κ1) is 21.9. The number of anilines is 1. The Labute approximate surface area is 189 Å². The van der Waals surface area contributed by atoms with Crippen LogP contribution in [0.4, 0.5) is 11.4 Å². The molecule has 2 aromatic heterocycles. The van der Waals surface area contributed by atoms with E-state index in [0.29, 0.717) is 16.9 Å². The molecule has 0 saturated carbocycles. The van der Waals surface area contributed by atoms with Crippen LogP contribution in [0.15, 0.2) is 71.7 Å². The van der Waals surface area contributed by atoms with Gasteiger partial charge in [0.15, 0.2) is 5.65 Å². The van der Waals surface area contributed by atoms with Gasteiger partial charge >= 0.3 is 5.69 Å². The lowest BCUT2D eigenvalue weighted by molar-refractivity contribution is -0.384. The summed E-state index contributed by atoms with van der Waals surface area (Å²) in [5.41, 5.74) is 2.62. The van der Waals surface area contributed by atoms with E-state index in [1.54, 1.807) is 39.9 Å². The fourth-order valence-electron chi connectivity index (χ4n) is 4.01. The molecule has 9 nitrogen and oxygen atoms in total. The van der Waals surface area contributed by atoms with Crippen molar-refractivity contribution in [2.45, 2.75) is 33.4 Å². The van der Waals surface area contributed by atoms with Gasteiger partial charge in [-0.1, -0.05) is 18.2 Å². The summed E-state index contributed by atoms with van der Waals surface area (Å²) < 4.78 is 2.97. The van der Waals surface area contributed by atoms with Crippen LogP contribution in [-0.4, -0.2) is 31.0 Å². The number of non-ortho nitro benzene ring substituents is 1. The van der Waals surface area contributed by atoms with E-state index in [2.05, 4.69) is 4.98 Å². The van der Waals surface area contributed by atoms with E-state index in [0.717, 1.165) is 11.3 Å². The number of rotatable bonds is 6. The summed E-state index contributed by atoms with van der Waals surface area (Å²) in [6, 6.07) is 17.0. The second kappa shape index (κ2) is 8.70. The molecule has 9 heteroatoms. The topological polar surface area (TPSA) is 103 Å². The Bertz CT molecular complexity index is 1400. The third-order valence-corrected chi connectivity index (χ3v) is 5.40. The molecular weight excluding hydrogens is 422 g/mol. The number of nitrogens with zero attached hydrogens (tertiary/aromatic N) is 5. The fraction of sp³-hybridized carbons (Fsp3) is 0.208. The van der Waals surface area contributed by atoms with E-state index in [4.69, 9.17) is 0 Å². The first-order chi connectivity index (χ1) is 15.8. The Morgan fingerprint density at radius 1 is 1.12 bits per heavy atom. The van der Waals surface area contributed by atoms with Crippen LogP contribution in [0.2, 0.25) is 0 Å². The van der Waals surface area contributed by atoms with Crippen LogP contribution in [0, 0.1) is 10.1 Å². The molecule has 2 aromatic carbocycles. The quantitative estimate of drug-likeness (QED) is 0.331. The van der Waals surface area contributed by atoms with Gasteiger partial charge in [0.25, 0.3) is 5.69 Å². The summed E-state index contributed by atoms with van der Waals surface area (Å²) in [7, 11) is 0. The molecule has 0 unspecified atom stereocenters. The highest BCUT2D eigenvalue weighted by atomic mass is 16.6. The minimum atomic E-state index is -0.496. The Balaban J connectivity index is 1.77. The number of fused-ring (bicyclic) bond motifs is 1. The van der Waals surface area contributed by atoms with Crippen LogP contribution in [0.5, 0.6) is 0 Å². The van der Waals surface area contributed by atoms with Gasteiger partial charge in [0, 0.05) is 37.0 Å². The molecule has 1 amide bonds. The van der Waals surface area contributed by atoms with Crippen molar-refractivity contribution in [2.75, 3.05) is 4.90 Å². The number of nitro benzene ring substituents is 1. The zero-order valence-electron chi connectivity index (χ0n) is 18.5. The van der Waals surface area contributed by atoms with Gasteiger partial charge in [-0.3, -0.25) is 19.5 Å². The number of amides is 1. The Morgan fingerprint density at radius 2 is 1.85 bits per heavy atom. The highest BCUT2D eigenvalue weighted by Gasteiger charge is 2.18. The van der Waals surface area contributed by atoms with E-state index >= 15 is 0 Å². The van der Waals surface area contributed by atoms with E-state index in [1.165, 1.54) is 23.6 Å². The Morgan fingerprint density at radius 3 is 2.48 bits per heavy atom. The molecule has 0 aliphatic heterocycles. The molecule has 0 aliphatic rings. The maximum Gasteiger partial charge on any atom is 0.335 e. The van der Waals surface area contributed by atoms with Crippen molar-refractivity contribution in [1.29, 1.82) is 0 Å². The van der Waals surface area contributed by atoms with Crippen LogP contribution in [0.3, 0.4) is 0 Å². The van der Waals surface area contributed by atoms with Crippen LogP contribution in [0.25, 0.3) is 16.9 Å². The average molecular weight is 445 g/mol. The van der Waals surface area contributed by atoms with Crippen molar-refractivity contribution in [3.8, 4) is 5.69 Å². The number of benzene rings is 2. The van der Waals surface area contributed by atoms with Gasteiger partial charge in [0.05, 0.1) is 22.7 Å². The van der Waals surface area contributed by atoms with Crippen molar-refractivity contribution in [2.24, 2.45) is 0 Å². The van der Waals surface area contributed by atoms with Crippen molar-refractivity contribution < 1.29 is 9.72 Å². The monoisotopic (exact) mass is 445 g/mol. The summed E-state index contributed by atoms with van der Waals surface area (Å²) in [5, 5.41) is 11.2. The normalized spacial score (nSPS) is 11.2. The lowest BCUT2D eigenvalue weighted by atomic mass is 10.1. The molecule has 0 bridgehead atoms. The van der Waals surface area contributed by atoms with Crippen LogP contribution in [-0.2, 0) is 11.3 Å². The van der Waals surface area contributed by atoms with Crippen LogP contribution >= 0.6 is 0 Å². The molecule has 4 aromatic rings. The number of imidazole rings is 1. The molecule has 33 heavy (non-hydrogen) atoms. The maximum atomic E-state index is 13.4. The molecule has 168 valence electrons. The average Bonchev–Trinajstić information content (AvgIpc) is 3.06. The molecule has 4 rings (SSSR count). The molecule has 0 atom stereocenters. The predicted octanol–water partition coefficient (Wildman–Crippen LogP) is 3.91. The molecule has 0 radical (unpaired) electrons. The molecule has 0 spiro atoms. The summed E-state index contributed by atoms with van der Waals surface area (Å²) in [5.74, 6) is -0.0416. The number of hydrogen-bond donors (Lipinski definition) is 0. The van der Waals surface area contributed by atoms with Gasteiger partial charge in [0.1, 0.15) is 0 Å². The van der Waals surface area contributed by atoms with E-state index < -0.39 is 4.92 Å². The summed E-state index contributed by atoms with van der Waals surface area (Å²) in [6.07, 6.45) is 1.58. The molecule has 0 aliphatic carbocycles. The number of carbonyl (C=O) groups is 1. The maximum absolute atomic E-state index is 13.4. The van der Waals surface area contributed by atoms with E-state index in [-0.39, 0.29) is 29.9 Å². The fourth-order valence-corrected chi connectivity index (χ4v) is 4.01. The summed E-state index contributed by atoms with van der Waals surface area (Å²) in [4.78, 5) is 42.2. The first-order valence-corrected chi connectivity index (χ1v) is 10.5. The van der Waals surface area contributed by atoms with Crippen LogP contribution in [0.1, 0.15) is 26.3 Å². The van der Waals surface area contributed by atoms with Crippen molar-refractivity contribution >= 4 is 28.4 Å². The second-order valence-electron chi connectivity index (χ2n) is 7.98. The number of carbonyl (C=O) groups excluding carboxylic acids is 1. The summed E-state index contributed by atoms with van der Waals surface area (Å²) >= 11 is 0. The predicted molar refractivity (Wildman–Crippen MR) is 126 cm³/mol. The lowest BCUT2D eigenvalue weighted by Gasteiger charge is -2.25. The van der Waals surface area contributed by atoms with E-state index in [9.17, 15) is 19.7 Å². The molecule has 0 saturated heterocycles. The number of hydrogen-bond acceptors (Lipinski definition) is 5. The molecule has 2 heterocycles. The highest BCUT2D eigenvalue weighted by Crippen LogP contribution is 2.22. The van der Waals surface area contributed by atoms with Gasteiger partial charge in [-0.25, -0.2) is 14.3 Å². The largest absolute Gasteiger partial charge is 0.335 e. The van der Waals surface area contributed by atoms with Gasteiger partial charge in [-0.2, -0.15) is 0 Å². The SMILES string of the molecule is CC(=O)N(c1ccc(Cn2c(=O)n(-c3cccc([N+](=O)[O-])c3)c3ncccc32)cc1)C(C)C. The van der Waals surface area contributed by atoms with Gasteiger partial charge < -0.3 is 4.90 Å². The van der Waals surface area contributed by atoms with Crippen molar-refractivity contribution in [1.82, 2.24) is 14.1 Å². The Kier molecular flexibility index (Phi) is 5.78. The minimum Gasteiger partial charge on any atom is -0.310 e. The van der Waals surface area contributed by atoms with Gasteiger partial charge in [-0.05, 0) is 49.7 Å². The van der Waals surface area contributed by atoms with Crippen LogP contribution < -0.4 is 10.6 Å². The number of aromatic nitrogens is 3. The smallest absolute Gasteiger partial charge is 0.310 e. The highest BCUT2D eigenvalue weighted by molar-refractivity contribution is 5.92. The number of pyridine rings is 1. The van der Waals surface area contributed by atoms with Gasteiger partial charge in [-0.15, -0.1) is 0 Å². The third kappa shape index (κ3) is 4.12.